The molecule has 1 amide bonds. The van der Waals surface area contributed by atoms with Crippen molar-refractivity contribution in [3.05, 3.63) is 12.4 Å². The van der Waals surface area contributed by atoms with Crippen LogP contribution in [0, 0.1) is 0 Å². The Morgan fingerprint density at radius 2 is 1.86 bits per heavy atom. The Morgan fingerprint density at radius 1 is 1.27 bits per heavy atom. The molecule has 0 bridgehead atoms. The number of rotatable bonds is 2. The highest BCUT2D eigenvalue weighted by molar-refractivity contribution is 6.62. The molecule has 1 saturated carbocycles. The smallest absolute Gasteiger partial charge is 0.399 e. The zero-order valence-electron chi connectivity index (χ0n) is 13.8. The Kier molecular flexibility index (Phi) is 3.81. The molecule has 1 aromatic rings. The van der Waals surface area contributed by atoms with E-state index in [1.54, 1.807) is 12.4 Å². The van der Waals surface area contributed by atoms with Crippen molar-refractivity contribution in [1.82, 2.24) is 15.1 Å². The maximum absolute atomic E-state index is 12.2. The molecule has 3 rings (SSSR count). The monoisotopic (exact) mass is 305 g/mol. The summed E-state index contributed by atoms with van der Waals surface area (Å²) in [5.74, 6) is 0. The van der Waals surface area contributed by atoms with Gasteiger partial charge in [0.2, 0.25) is 0 Å². The summed E-state index contributed by atoms with van der Waals surface area (Å²) in [6.07, 6.45) is 7.80. The second-order valence-corrected chi connectivity index (χ2v) is 7.24. The van der Waals surface area contributed by atoms with Gasteiger partial charge in [-0.2, -0.15) is 9.78 Å². The fourth-order valence-electron chi connectivity index (χ4n) is 2.86. The summed E-state index contributed by atoms with van der Waals surface area (Å²) in [5, 5.41) is 7.15. The summed E-state index contributed by atoms with van der Waals surface area (Å²) in [6.45, 7) is 8.02. The molecule has 0 spiro atoms. The van der Waals surface area contributed by atoms with Gasteiger partial charge in [-0.3, -0.25) is 0 Å². The third-order valence-electron chi connectivity index (χ3n) is 5.02. The van der Waals surface area contributed by atoms with E-state index in [1.165, 1.54) is 17.5 Å². The fraction of sp³-hybridized carbons (Fsp3) is 0.733. The summed E-state index contributed by atoms with van der Waals surface area (Å²) in [6, 6.07) is 0.0895. The van der Waals surface area contributed by atoms with E-state index >= 15 is 0 Å². The molecule has 1 aromatic heterocycles. The first-order valence-electron chi connectivity index (χ1n) is 7.99. The SMILES string of the molecule is CC1(C)OB(c2cnn(C(=O)NC3CCCC3)c2)OC1(C)C. The van der Waals surface area contributed by atoms with Crippen molar-refractivity contribution in [2.75, 3.05) is 0 Å². The summed E-state index contributed by atoms with van der Waals surface area (Å²) in [7, 11) is -0.488. The molecule has 2 fully saturated rings. The van der Waals surface area contributed by atoms with E-state index in [1.807, 2.05) is 27.7 Å². The molecule has 1 aliphatic carbocycles. The van der Waals surface area contributed by atoms with Crippen LogP contribution in [-0.2, 0) is 9.31 Å². The number of hydrogen-bond donors (Lipinski definition) is 1. The van der Waals surface area contributed by atoms with Crippen LogP contribution in [0.25, 0.3) is 0 Å². The third kappa shape index (κ3) is 2.79. The van der Waals surface area contributed by atoms with Crippen LogP contribution in [0.2, 0.25) is 0 Å². The zero-order chi connectivity index (χ0) is 16.0. The highest BCUT2D eigenvalue weighted by Crippen LogP contribution is 2.36. The zero-order valence-corrected chi connectivity index (χ0v) is 13.8. The van der Waals surface area contributed by atoms with Crippen LogP contribution < -0.4 is 10.8 Å². The lowest BCUT2D eigenvalue weighted by atomic mass is 9.82. The normalized spacial score (nSPS) is 23.9. The molecule has 1 saturated heterocycles. The third-order valence-corrected chi connectivity index (χ3v) is 5.02. The van der Waals surface area contributed by atoms with E-state index in [0.29, 0.717) is 0 Å². The molecule has 2 aliphatic rings. The molecule has 0 aromatic carbocycles. The standard InChI is InChI=1S/C15H24BN3O3/c1-14(2)15(3,4)22-16(21-14)11-9-17-19(10-11)13(20)18-12-7-5-6-8-12/h9-10,12H,5-8H2,1-4H3,(H,18,20). The van der Waals surface area contributed by atoms with E-state index in [4.69, 9.17) is 9.31 Å². The molecule has 6 nitrogen and oxygen atoms in total. The number of hydrogen-bond acceptors (Lipinski definition) is 4. The number of carbonyl (C=O) groups excluding carboxylic acids is 1. The lowest BCUT2D eigenvalue weighted by Crippen LogP contribution is -2.41. The van der Waals surface area contributed by atoms with E-state index in [0.717, 1.165) is 18.3 Å². The highest BCUT2D eigenvalue weighted by Gasteiger charge is 2.52. The molecule has 0 atom stereocenters. The van der Waals surface area contributed by atoms with Gasteiger partial charge in [0.15, 0.2) is 0 Å². The summed E-state index contributed by atoms with van der Waals surface area (Å²) in [5.41, 5.74) is -0.0298. The minimum absolute atomic E-state index is 0.185. The van der Waals surface area contributed by atoms with Gasteiger partial charge in [-0.1, -0.05) is 12.8 Å². The van der Waals surface area contributed by atoms with Crippen LogP contribution >= 0.6 is 0 Å². The number of amides is 1. The van der Waals surface area contributed by atoms with Gasteiger partial charge >= 0.3 is 13.1 Å². The van der Waals surface area contributed by atoms with Gasteiger partial charge in [-0.05, 0) is 40.5 Å². The first-order chi connectivity index (χ1) is 10.3. The Morgan fingerprint density at radius 3 is 2.45 bits per heavy atom. The molecule has 0 unspecified atom stereocenters. The van der Waals surface area contributed by atoms with Gasteiger partial charge in [0.1, 0.15) is 0 Å². The number of nitrogens with zero attached hydrogens (tertiary/aromatic N) is 2. The predicted octanol–water partition coefficient (Wildman–Crippen LogP) is 1.68. The highest BCUT2D eigenvalue weighted by atomic mass is 16.7. The molecule has 120 valence electrons. The van der Waals surface area contributed by atoms with Crippen molar-refractivity contribution < 1.29 is 14.1 Å². The predicted molar refractivity (Wildman–Crippen MR) is 84.1 cm³/mol. The molecule has 0 radical (unpaired) electrons. The van der Waals surface area contributed by atoms with Crippen molar-refractivity contribution in [3.63, 3.8) is 0 Å². The second-order valence-electron chi connectivity index (χ2n) is 7.24. The first-order valence-corrected chi connectivity index (χ1v) is 7.99. The van der Waals surface area contributed by atoms with Gasteiger partial charge in [0.05, 0.1) is 11.2 Å². The Balaban J connectivity index is 1.68. The van der Waals surface area contributed by atoms with Crippen molar-refractivity contribution >= 4 is 18.6 Å². The minimum Gasteiger partial charge on any atom is -0.399 e. The summed E-state index contributed by atoms with van der Waals surface area (Å²) >= 11 is 0. The van der Waals surface area contributed by atoms with Gasteiger partial charge in [0, 0.05) is 23.9 Å². The van der Waals surface area contributed by atoms with Gasteiger partial charge in [0.25, 0.3) is 0 Å². The molecular weight excluding hydrogens is 281 g/mol. The quantitative estimate of drug-likeness (QED) is 0.844. The molecule has 22 heavy (non-hydrogen) atoms. The average Bonchev–Trinajstić information content (AvgIpc) is 3.10. The first kappa shape index (κ1) is 15.6. The maximum Gasteiger partial charge on any atom is 0.498 e. The molecule has 1 aliphatic heterocycles. The van der Waals surface area contributed by atoms with Crippen LogP contribution in [0.15, 0.2) is 12.4 Å². The number of aromatic nitrogens is 2. The Hall–Kier alpha value is -1.34. The average molecular weight is 305 g/mol. The second kappa shape index (κ2) is 5.39. The topological polar surface area (TPSA) is 65.4 Å². The molecule has 7 heteroatoms. The van der Waals surface area contributed by atoms with Crippen LogP contribution in [0.4, 0.5) is 4.79 Å². The van der Waals surface area contributed by atoms with E-state index in [-0.39, 0.29) is 12.1 Å². The Labute approximate surface area is 131 Å². The van der Waals surface area contributed by atoms with E-state index in [2.05, 4.69) is 10.4 Å². The van der Waals surface area contributed by atoms with E-state index in [9.17, 15) is 4.79 Å². The van der Waals surface area contributed by atoms with E-state index < -0.39 is 18.3 Å². The molecule has 2 heterocycles. The van der Waals surface area contributed by atoms with Crippen molar-refractivity contribution in [3.8, 4) is 0 Å². The number of carbonyl (C=O) groups is 1. The van der Waals surface area contributed by atoms with Crippen LogP contribution in [0.3, 0.4) is 0 Å². The maximum atomic E-state index is 12.2. The van der Waals surface area contributed by atoms with Crippen LogP contribution in [0.5, 0.6) is 0 Å². The van der Waals surface area contributed by atoms with Gasteiger partial charge in [-0.25, -0.2) is 4.79 Å². The summed E-state index contributed by atoms with van der Waals surface area (Å²) < 4.78 is 13.3. The summed E-state index contributed by atoms with van der Waals surface area (Å²) in [4.78, 5) is 12.2. The molecule has 1 N–H and O–H groups in total. The lowest BCUT2D eigenvalue weighted by Gasteiger charge is -2.32. The van der Waals surface area contributed by atoms with Crippen molar-refractivity contribution in [1.29, 1.82) is 0 Å². The molecular formula is C15H24BN3O3. The van der Waals surface area contributed by atoms with Gasteiger partial charge in [-0.15, -0.1) is 0 Å². The van der Waals surface area contributed by atoms with Gasteiger partial charge < -0.3 is 14.6 Å². The number of nitrogens with one attached hydrogen (secondary N) is 1. The minimum atomic E-state index is -0.488. The lowest BCUT2D eigenvalue weighted by molar-refractivity contribution is 0.00578. The fourth-order valence-corrected chi connectivity index (χ4v) is 2.86. The van der Waals surface area contributed by atoms with Crippen molar-refractivity contribution in [2.45, 2.75) is 70.6 Å². The Bertz CT molecular complexity index is 548. The van der Waals surface area contributed by atoms with Crippen LogP contribution in [-0.4, -0.2) is 40.2 Å². The van der Waals surface area contributed by atoms with Crippen LogP contribution in [0.1, 0.15) is 53.4 Å². The largest absolute Gasteiger partial charge is 0.498 e. The van der Waals surface area contributed by atoms with Crippen molar-refractivity contribution in [2.24, 2.45) is 0 Å².